The Morgan fingerprint density at radius 2 is 1.66 bits per heavy atom. The normalized spacial score (nSPS) is 15.6. The third-order valence-corrected chi connectivity index (χ3v) is 5.94. The molecule has 1 heterocycles. The van der Waals surface area contributed by atoms with E-state index >= 15 is 0 Å². The molecule has 0 saturated carbocycles. The number of fused-ring (bicyclic) bond motifs is 1. The number of phenols is 1. The largest absolute Gasteiger partial charge is 0.507 e. The first-order valence-corrected chi connectivity index (χ1v) is 10.5. The predicted molar refractivity (Wildman–Crippen MR) is 128 cm³/mol. The van der Waals surface area contributed by atoms with Crippen molar-refractivity contribution < 1.29 is 14.6 Å². The molecule has 1 unspecified atom stereocenters. The fraction of sp³-hybridized carbons (Fsp3) is 0.148. The Kier molecular flexibility index (Phi) is 5.15. The van der Waals surface area contributed by atoms with Gasteiger partial charge in [-0.15, -0.1) is 0 Å². The molecule has 4 aromatic rings. The zero-order valence-corrected chi connectivity index (χ0v) is 18.0. The van der Waals surface area contributed by atoms with E-state index < -0.39 is 0 Å². The minimum absolute atomic E-state index is 0.0841. The lowest BCUT2D eigenvalue weighted by atomic mass is 9.95. The Labute approximate surface area is 187 Å². The monoisotopic (exact) mass is 424 g/mol. The quantitative estimate of drug-likeness (QED) is 0.432. The predicted octanol–water partition coefficient (Wildman–Crippen LogP) is 5.92. The summed E-state index contributed by atoms with van der Waals surface area (Å²) in [5.74, 6) is 1.75. The molecular formula is C27H24N2O3. The highest BCUT2D eigenvalue weighted by molar-refractivity contribution is 6.09. The van der Waals surface area contributed by atoms with Gasteiger partial charge in [-0.1, -0.05) is 48.5 Å². The van der Waals surface area contributed by atoms with Gasteiger partial charge in [0, 0.05) is 29.0 Å². The van der Waals surface area contributed by atoms with Crippen LogP contribution in [0.25, 0.3) is 10.8 Å². The topological polar surface area (TPSA) is 54.3 Å². The van der Waals surface area contributed by atoms with Crippen LogP contribution < -0.4 is 14.5 Å². The molecule has 0 bridgehead atoms. The van der Waals surface area contributed by atoms with Gasteiger partial charge in [0.25, 0.3) is 0 Å². The van der Waals surface area contributed by atoms with Crippen molar-refractivity contribution in [2.24, 2.45) is 5.10 Å². The van der Waals surface area contributed by atoms with Gasteiger partial charge in [0.15, 0.2) is 0 Å². The zero-order chi connectivity index (χ0) is 22.1. The van der Waals surface area contributed by atoms with Gasteiger partial charge in [-0.2, -0.15) is 5.10 Å². The van der Waals surface area contributed by atoms with Crippen molar-refractivity contribution >= 4 is 22.2 Å². The maximum absolute atomic E-state index is 11.1. The Hall–Kier alpha value is -3.99. The smallest absolute Gasteiger partial charge is 0.132 e. The molecule has 5 heteroatoms. The summed E-state index contributed by atoms with van der Waals surface area (Å²) in [5.41, 5.74) is 3.57. The number of hydrazone groups is 1. The summed E-state index contributed by atoms with van der Waals surface area (Å²) in [7, 11) is 3.31. The van der Waals surface area contributed by atoms with Crippen LogP contribution in [0.2, 0.25) is 0 Å². The summed E-state index contributed by atoms with van der Waals surface area (Å²) in [6, 6.07) is 27.6. The summed E-state index contributed by atoms with van der Waals surface area (Å²) in [5, 5.41) is 19.9. The van der Waals surface area contributed by atoms with E-state index in [1.165, 1.54) is 0 Å². The number of methoxy groups -OCH3 is 2. The summed E-state index contributed by atoms with van der Waals surface area (Å²) >= 11 is 0. The van der Waals surface area contributed by atoms with E-state index in [1.54, 1.807) is 14.2 Å². The van der Waals surface area contributed by atoms with Crippen molar-refractivity contribution in [1.29, 1.82) is 0 Å². The first kappa shape index (κ1) is 19.9. The lowest BCUT2D eigenvalue weighted by Crippen LogP contribution is -2.19. The number of ether oxygens (including phenoxy) is 2. The molecule has 0 amide bonds. The molecule has 0 radical (unpaired) electrons. The van der Waals surface area contributed by atoms with E-state index in [1.807, 2.05) is 89.9 Å². The highest BCUT2D eigenvalue weighted by Crippen LogP contribution is 2.43. The summed E-state index contributed by atoms with van der Waals surface area (Å²) in [6.45, 7) is 0. The fourth-order valence-corrected chi connectivity index (χ4v) is 4.32. The van der Waals surface area contributed by atoms with Crippen LogP contribution in [0.15, 0.2) is 90.0 Å². The van der Waals surface area contributed by atoms with Crippen LogP contribution in [0.3, 0.4) is 0 Å². The van der Waals surface area contributed by atoms with E-state index in [9.17, 15) is 5.11 Å². The molecule has 0 aliphatic carbocycles. The van der Waals surface area contributed by atoms with Crippen LogP contribution in [0.1, 0.15) is 23.6 Å². The lowest BCUT2D eigenvalue weighted by Gasteiger charge is -2.25. The lowest BCUT2D eigenvalue weighted by molar-refractivity contribution is 0.388. The maximum Gasteiger partial charge on any atom is 0.132 e. The number of hydrogen-bond donors (Lipinski definition) is 1. The van der Waals surface area contributed by atoms with E-state index in [-0.39, 0.29) is 11.8 Å². The average Bonchev–Trinajstić information content (AvgIpc) is 3.29. The third kappa shape index (κ3) is 3.42. The molecule has 5 rings (SSSR count). The summed E-state index contributed by atoms with van der Waals surface area (Å²) in [6.07, 6.45) is 0.628. The van der Waals surface area contributed by atoms with Gasteiger partial charge in [-0.05, 0) is 35.7 Å². The highest BCUT2D eigenvalue weighted by atomic mass is 16.5. The van der Waals surface area contributed by atoms with Gasteiger partial charge in [0.2, 0.25) is 0 Å². The van der Waals surface area contributed by atoms with Gasteiger partial charge >= 0.3 is 0 Å². The first-order valence-electron chi connectivity index (χ1n) is 10.5. The third-order valence-electron chi connectivity index (χ3n) is 5.94. The van der Waals surface area contributed by atoms with Crippen molar-refractivity contribution in [2.45, 2.75) is 12.5 Å². The summed E-state index contributed by atoms with van der Waals surface area (Å²) in [4.78, 5) is 0. The SMILES string of the molecule is COc1ccc(C2CC(c3ccc4ccccc4c3O)=NN2c2ccccc2)c(OC)c1. The van der Waals surface area contributed by atoms with Gasteiger partial charge in [-0.25, -0.2) is 0 Å². The zero-order valence-electron chi connectivity index (χ0n) is 18.0. The van der Waals surface area contributed by atoms with Crippen LogP contribution in [-0.2, 0) is 0 Å². The standard InChI is InChI=1S/C27H24N2O3/c1-31-20-13-15-23(26(16-20)32-2)25-17-24(28-29(25)19-9-4-3-5-10-19)22-14-12-18-8-6-7-11-21(18)27(22)30/h3-16,25,30H,17H2,1-2H3. The number of benzene rings is 4. The molecule has 32 heavy (non-hydrogen) atoms. The minimum Gasteiger partial charge on any atom is -0.507 e. The van der Waals surface area contributed by atoms with Crippen molar-refractivity contribution in [3.05, 3.63) is 96.1 Å². The number of rotatable bonds is 5. The number of hydrogen-bond acceptors (Lipinski definition) is 5. The number of para-hydroxylation sites is 1. The Morgan fingerprint density at radius 3 is 2.44 bits per heavy atom. The molecule has 0 spiro atoms. The fourth-order valence-electron chi connectivity index (χ4n) is 4.32. The Bertz CT molecular complexity index is 1300. The van der Waals surface area contributed by atoms with Crippen molar-refractivity contribution in [3.63, 3.8) is 0 Å². The molecule has 1 aliphatic rings. The van der Waals surface area contributed by atoms with E-state index in [0.29, 0.717) is 6.42 Å². The number of aromatic hydroxyl groups is 1. The van der Waals surface area contributed by atoms with Crippen molar-refractivity contribution in [3.8, 4) is 17.2 Å². The van der Waals surface area contributed by atoms with Crippen LogP contribution in [0.4, 0.5) is 5.69 Å². The molecule has 5 nitrogen and oxygen atoms in total. The van der Waals surface area contributed by atoms with Crippen LogP contribution in [0, 0.1) is 0 Å². The number of anilines is 1. The molecule has 4 aromatic carbocycles. The molecule has 1 N–H and O–H groups in total. The average molecular weight is 425 g/mol. The highest BCUT2D eigenvalue weighted by Gasteiger charge is 2.33. The maximum atomic E-state index is 11.1. The van der Waals surface area contributed by atoms with Gasteiger partial charge in [-0.3, -0.25) is 5.01 Å². The van der Waals surface area contributed by atoms with Gasteiger partial charge < -0.3 is 14.6 Å². The first-order chi connectivity index (χ1) is 15.7. The minimum atomic E-state index is -0.0841. The number of nitrogens with zero attached hydrogens (tertiary/aromatic N) is 2. The van der Waals surface area contributed by atoms with Crippen molar-refractivity contribution in [2.75, 3.05) is 19.2 Å². The number of phenolic OH excluding ortho intramolecular Hbond substituents is 1. The molecule has 0 saturated heterocycles. The van der Waals surface area contributed by atoms with Crippen LogP contribution in [0.5, 0.6) is 17.2 Å². The van der Waals surface area contributed by atoms with Crippen LogP contribution in [-0.4, -0.2) is 25.0 Å². The van der Waals surface area contributed by atoms with E-state index in [4.69, 9.17) is 14.6 Å². The summed E-state index contributed by atoms with van der Waals surface area (Å²) < 4.78 is 11.1. The molecule has 0 aromatic heterocycles. The molecule has 1 atom stereocenters. The van der Waals surface area contributed by atoms with E-state index in [2.05, 4.69) is 0 Å². The van der Waals surface area contributed by atoms with Gasteiger partial charge in [0.1, 0.15) is 17.2 Å². The molecular weight excluding hydrogens is 400 g/mol. The second kappa shape index (κ2) is 8.27. The second-order valence-corrected chi connectivity index (χ2v) is 7.74. The second-order valence-electron chi connectivity index (χ2n) is 7.74. The van der Waals surface area contributed by atoms with Gasteiger partial charge in [0.05, 0.1) is 31.7 Å². The molecule has 1 aliphatic heterocycles. The Balaban J connectivity index is 1.62. The van der Waals surface area contributed by atoms with Crippen LogP contribution >= 0.6 is 0 Å². The van der Waals surface area contributed by atoms with E-state index in [0.717, 1.165) is 44.8 Å². The Morgan fingerprint density at radius 1 is 0.875 bits per heavy atom. The molecule has 160 valence electrons. The molecule has 0 fully saturated rings. The van der Waals surface area contributed by atoms with Crippen molar-refractivity contribution in [1.82, 2.24) is 0 Å².